The first-order valence-electron chi connectivity index (χ1n) is 8.83. The number of nitriles is 1. The minimum absolute atomic E-state index is 0.307. The SMILES string of the molecule is CCOC(=O)N1CCc2c(sc(NC(=O)C=Cc3ccc(Cl)cc3Cl)c2C#N)C1. The van der Waals surface area contributed by atoms with Crippen molar-refractivity contribution in [1.29, 1.82) is 5.26 Å². The third kappa shape index (κ3) is 4.91. The van der Waals surface area contributed by atoms with Crippen LogP contribution in [-0.2, 0) is 22.5 Å². The van der Waals surface area contributed by atoms with E-state index in [0.29, 0.717) is 52.3 Å². The Morgan fingerprint density at radius 2 is 2.21 bits per heavy atom. The Morgan fingerprint density at radius 3 is 2.90 bits per heavy atom. The largest absolute Gasteiger partial charge is 0.450 e. The molecule has 0 saturated carbocycles. The van der Waals surface area contributed by atoms with Crippen molar-refractivity contribution in [3.8, 4) is 6.07 Å². The molecule has 0 spiro atoms. The summed E-state index contributed by atoms with van der Waals surface area (Å²) in [5, 5.41) is 13.7. The summed E-state index contributed by atoms with van der Waals surface area (Å²) in [5.74, 6) is -0.381. The Labute approximate surface area is 182 Å². The summed E-state index contributed by atoms with van der Waals surface area (Å²) in [6.45, 7) is 2.89. The molecule has 0 fully saturated rings. The van der Waals surface area contributed by atoms with E-state index in [1.54, 1.807) is 36.1 Å². The van der Waals surface area contributed by atoms with Gasteiger partial charge in [0.1, 0.15) is 11.1 Å². The number of carbonyl (C=O) groups excluding carboxylic acids is 2. The molecule has 6 nitrogen and oxygen atoms in total. The van der Waals surface area contributed by atoms with Gasteiger partial charge in [-0.15, -0.1) is 11.3 Å². The molecule has 1 aromatic heterocycles. The Balaban J connectivity index is 1.75. The molecule has 150 valence electrons. The van der Waals surface area contributed by atoms with E-state index in [0.717, 1.165) is 10.4 Å². The minimum atomic E-state index is -0.381. The quantitative estimate of drug-likeness (QED) is 0.658. The van der Waals surface area contributed by atoms with E-state index in [2.05, 4.69) is 11.4 Å². The number of benzene rings is 1. The first kappa shape index (κ1) is 21.2. The molecule has 1 aromatic carbocycles. The van der Waals surface area contributed by atoms with Gasteiger partial charge < -0.3 is 15.0 Å². The molecule has 29 heavy (non-hydrogen) atoms. The van der Waals surface area contributed by atoms with Gasteiger partial charge in [0, 0.05) is 27.5 Å². The fourth-order valence-corrected chi connectivity index (χ4v) is 4.62. The van der Waals surface area contributed by atoms with Crippen molar-refractivity contribution in [2.24, 2.45) is 0 Å². The van der Waals surface area contributed by atoms with Gasteiger partial charge in [0.2, 0.25) is 5.91 Å². The lowest BCUT2D eigenvalue weighted by atomic mass is 10.0. The standard InChI is InChI=1S/C20H17Cl2N3O3S/c1-2-28-20(27)25-8-7-14-15(10-23)19(29-17(14)11-25)24-18(26)6-4-12-3-5-13(21)9-16(12)22/h3-6,9H,2,7-8,11H2,1H3,(H,24,26). The van der Waals surface area contributed by atoms with Crippen molar-refractivity contribution in [3.05, 3.63) is 55.9 Å². The number of nitrogens with zero attached hydrogens (tertiary/aromatic N) is 2. The number of hydrogen-bond donors (Lipinski definition) is 1. The number of fused-ring (bicyclic) bond motifs is 1. The normalized spacial score (nSPS) is 13.1. The van der Waals surface area contributed by atoms with E-state index in [1.165, 1.54) is 17.4 Å². The lowest BCUT2D eigenvalue weighted by molar-refractivity contribution is -0.111. The van der Waals surface area contributed by atoms with Gasteiger partial charge in [-0.05, 0) is 42.7 Å². The number of rotatable bonds is 4. The summed E-state index contributed by atoms with van der Waals surface area (Å²) < 4.78 is 5.04. The monoisotopic (exact) mass is 449 g/mol. The third-order valence-corrected chi connectivity index (χ3v) is 6.00. The zero-order valence-electron chi connectivity index (χ0n) is 15.5. The smallest absolute Gasteiger partial charge is 0.410 e. The maximum absolute atomic E-state index is 12.3. The molecular formula is C20H17Cl2N3O3S. The highest BCUT2D eigenvalue weighted by Crippen LogP contribution is 2.36. The lowest BCUT2D eigenvalue weighted by Crippen LogP contribution is -2.35. The molecule has 1 aliphatic heterocycles. The molecule has 2 heterocycles. The minimum Gasteiger partial charge on any atom is -0.450 e. The lowest BCUT2D eigenvalue weighted by Gasteiger charge is -2.25. The molecule has 0 atom stereocenters. The van der Waals surface area contributed by atoms with E-state index in [1.807, 2.05) is 0 Å². The average molecular weight is 450 g/mol. The van der Waals surface area contributed by atoms with E-state index in [9.17, 15) is 14.9 Å². The van der Waals surface area contributed by atoms with Crippen LogP contribution in [0.3, 0.4) is 0 Å². The molecule has 3 rings (SSSR count). The number of hydrogen-bond acceptors (Lipinski definition) is 5. The van der Waals surface area contributed by atoms with E-state index < -0.39 is 0 Å². The second-order valence-corrected chi connectivity index (χ2v) is 8.13. The van der Waals surface area contributed by atoms with Crippen LogP contribution in [-0.4, -0.2) is 30.1 Å². The summed E-state index contributed by atoms with van der Waals surface area (Å²) >= 11 is 13.3. The van der Waals surface area contributed by atoms with E-state index in [-0.39, 0.29) is 12.0 Å². The Kier molecular flexibility index (Phi) is 6.80. The first-order chi connectivity index (χ1) is 13.9. The molecule has 0 radical (unpaired) electrons. The Hall–Kier alpha value is -2.53. The fraction of sp³-hybridized carbons (Fsp3) is 0.250. The van der Waals surface area contributed by atoms with Crippen molar-refractivity contribution in [2.45, 2.75) is 19.9 Å². The predicted octanol–water partition coefficient (Wildman–Crippen LogP) is 5.09. The van der Waals surface area contributed by atoms with Gasteiger partial charge in [-0.3, -0.25) is 4.79 Å². The summed E-state index contributed by atoms with van der Waals surface area (Å²) in [6.07, 6.45) is 3.09. The number of anilines is 1. The Morgan fingerprint density at radius 1 is 1.41 bits per heavy atom. The van der Waals surface area contributed by atoms with Crippen LogP contribution in [0, 0.1) is 11.3 Å². The summed E-state index contributed by atoms with van der Waals surface area (Å²) in [5.41, 5.74) is 1.97. The van der Waals surface area contributed by atoms with Gasteiger partial charge in [0.25, 0.3) is 0 Å². The van der Waals surface area contributed by atoms with Crippen molar-refractivity contribution in [2.75, 3.05) is 18.5 Å². The summed E-state index contributed by atoms with van der Waals surface area (Å²) in [6, 6.07) is 7.16. The van der Waals surface area contributed by atoms with Gasteiger partial charge in [-0.1, -0.05) is 29.3 Å². The van der Waals surface area contributed by atoms with Crippen LogP contribution >= 0.6 is 34.5 Å². The van der Waals surface area contributed by atoms with Crippen LogP contribution in [0.5, 0.6) is 0 Å². The maximum atomic E-state index is 12.3. The van der Waals surface area contributed by atoms with Gasteiger partial charge in [0.05, 0.1) is 18.7 Å². The summed E-state index contributed by atoms with van der Waals surface area (Å²) in [4.78, 5) is 26.8. The van der Waals surface area contributed by atoms with Crippen LogP contribution in [0.4, 0.5) is 9.80 Å². The van der Waals surface area contributed by atoms with E-state index >= 15 is 0 Å². The van der Waals surface area contributed by atoms with Crippen molar-refractivity contribution >= 4 is 57.6 Å². The molecular weight excluding hydrogens is 433 g/mol. The molecule has 1 aliphatic rings. The topological polar surface area (TPSA) is 82.4 Å². The average Bonchev–Trinajstić information content (AvgIpc) is 3.03. The molecule has 2 amide bonds. The highest BCUT2D eigenvalue weighted by atomic mass is 35.5. The fourth-order valence-electron chi connectivity index (χ4n) is 2.94. The molecule has 1 N–H and O–H groups in total. The number of amides is 2. The van der Waals surface area contributed by atoms with Gasteiger partial charge >= 0.3 is 6.09 Å². The molecule has 2 aromatic rings. The van der Waals surface area contributed by atoms with Crippen LogP contribution in [0.1, 0.15) is 28.5 Å². The molecule has 0 aliphatic carbocycles. The van der Waals surface area contributed by atoms with Gasteiger partial charge in [-0.25, -0.2) is 4.79 Å². The molecule has 9 heteroatoms. The van der Waals surface area contributed by atoms with Crippen molar-refractivity contribution in [1.82, 2.24) is 4.90 Å². The zero-order chi connectivity index (χ0) is 21.0. The number of carbonyl (C=O) groups is 2. The first-order valence-corrected chi connectivity index (χ1v) is 10.4. The number of thiophene rings is 1. The van der Waals surface area contributed by atoms with Crippen LogP contribution in [0.2, 0.25) is 10.0 Å². The van der Waals surface area contributed by atoms with Crippen LogP contribution in [0.25, 0.3) is 6.08 Å². The zero-order valence-corrected chi connectivity index (χ0v) is 17.8. The predicted molar refractivity (Wildman–Crippen MR) is 114 cm³/mol. The number of ether oxygens (including phenoxy) is 1. The van der Waals surface area contributed by atoms with Crippen LogP contribution < -0.4 is 5.32 Å². The third-order valence-electron chi connectivity index (χ3n) is 4.31. The molecule has 0 saturated heterocycles. The number of halogens is 2. The van der Waals surface area contributed by atoms with Crippen molar-refractivity contribution in [3.63, 3.8) is 0 Å². The Bertz CT molecular complexity index is 1030. The van der Waals surface area contributed by atoms with Crippen molar-refractivity contribution < 1.29 is 14.3 Å². The highest BCUT2D eigenvalue weighted by molar-refractivity contribution is 7.16. The number of nitrogens with one attached hydrogen (secondary N) is 1. The maximum Gasteiger partial charge on any atom is 0.410 e. The molecule has 0 bridgehead atoms. The molecule has 0 unspecified atom stereocenters. The second-order valence-electron chi connectivity index (χ2n) is 6.18. The van der Waals surface area contributed by atoms with Gasteiger partial charge in [-0.2, -0.15) is 5.26 Å². The van der Waals surface area contributed by atoms with E-state index in [4.69, 9.17) is 27.9 Å². The highest BCUT2D eigenvalue weighted by Gasteiger charge is 2.27. The summed E-state index contributed by atoms with van der Waals surface area (Å²) in [7, 11) is 0. The second kappa shape index (κ2) is 9.31. The van der Waals surface area contributed by atoms with Gasteiger partial charge in [0.15, 0.2) is 0 Å². The van der Waals surface area contributed by atoms with Crippen LogP contribution in [0.15, 0.2) is 24.3 Å².